The van der Waals surface area contributed by atoms with Crippen LogP contribution < -0.4 is 15.4 Å². The number of hydrogen-bond acceptors (Lipinski definition) is 3. The second kappa shape index (κ2) is 8.20. The Labute approximate surface area is 138 Å². The zero-order chi connectivity index (χ0) is 16.8. The predicted molar refractivity (Wildman–Crippen MR) is 90.5 cm³/mol. The number of urea groups is 1. The largest absolute Gasteiger partial charge is 0.491 e. The van der Waals surface area contributed by atoms with Gasteiger partial charge < -0.3 is 20.5 Å². The van der Waals surface area contributed by atoms with E-state index < -0.39 is 6.10 Å². The minimum atomic E-state index is -0.723. The van der Waals surface area contributed by atoms with Crippen molar-refractivity contribution in [2.45, 2.75) is 58.3 Å². The molecule has 5 nitrogen and oxygen atoms in total. The lowest BCUT2D eigenvalue weighted by atomic mass is 10.1. The van der Waals surface area contributed by atoms with Crippen LogP contribution in [0.3, 0.4) is 0 Å². The molecule has 0 aliphatic heterocycles. The summed E-state index contributed by atoms with van der Waals surface area (Å²) in [6.45, 7) is 6.29. The molecule has 1 aliphatic carbocycles. The van der Waals surface area contributed by atoms with E-state index in [4.69, 9.17) is 4.74 Å². The normalized spacial score (nSPS) is 20.9. The SMILES string of the molecule is CCCC1CC1NC(=O)NCC(O)c1ccc(OC(C)C)cc1. The highest BCUT2D eigenvalue weighted by atomic mass is 16.5. The van der Waals surface area contributed by atoms with Crippen LogP contribution in [0.2, 0.25) is 0 Å². The number of hydrogen-bond donors (Lipinski definition) is 3. The van der Waals surface area contributed by atoms with Crippen molar-refractivity contribution < 1.29 is 14.6 Å². The molecule has 3 unspecified atom stereocenters. The van der Waals surface area contributed by atoms with Crippen molar-refractivity contribution in [3.8, 4) is 5.75 Å². The van der Waals surface area contributed by atoms with Gasteiger partial charge in [-0.1, -0.05) is 25.5 Å². The molecule has 3 N–H and O–H groups in total. The molecular weight excluding hydrogens is 292 g/mol. The third-order valence-corrected chi connectivity index (χ3v) is 3.99. The molecule has 1 aliphatic rings. The first-order valence-electron chi connectivity index (χ1n) is 8.48. The summed E-state index contributed by atoms with van der Waals surface area (Å²) in [7, 11) is 0. The van der Waals surface area contributed by atoms with E-state index >= 15 is 0 Å². The summed E-state index contributed by atoms with van der Waals surface area (Å²) in [4.78, 5) is 11.8. The van der Waals surface area contributed by atoms with Crippen LogP contribution in [0.4, 0.5) is 4.79 Å². The molecule has 1 aromatic rings. The third kappa shape index (κ3) is 5.75. The molecule has 1 aromatic carbocycles. The summed E-state index contributed by atoms with van der Waals surface area (Å²) in [6, 6.07) is 7.41. The molecule has 5 heteroatoms. The maximum Gasteiger partial charge on any atom is 0.315 e. The van der Waals surface area contributed by atoms with Gasteiger partial charge in [0.1, 0.15) is 5.75 Å². The van der Waals surface area contributed by atoms with E-state index in [0.29, 0.717) is 12.0 Å². The minimum absolute atomic E-state index is 0.120. The van der Waals surface area contributed by atoms with Crippen LogP contribution in [0.1, 0.15) is 51.7 Å². The second-order valence-electron chi connectivity index (χ2n) is 6.50. The Morgan fingerprint density at radius 2 is 2.04 bits per heavy atom. The first kappa shape index (κ1) is 17.6. The van der Waals surface area contributed by atoms with Crippen molar-refractivity contribution in [3.05, 3.63) is 29.8 Å². The van der Waals surface area contributed by atoms with E-state index in [0.717, 1.165) is 24.2 Å². The average Bonchev–Trinajstić information content (AvgIpc) is 3.23. The third-order valence-electron chi connectivity index (χ3n) is 3.99. The van der Waals surface area contributed by atoms with Gasteiger partial charge in [0.05, 0.1) is 12.2 Å². The summed E-state index contributed by atoms with van der Waals surface area (Å²) in [5.41, 5.74) is 0.761. The first-order valence-corrected chi connectivity index (χ1v) is 8.48. The summed E-state index contributed by atoms with van der Waals surface area (Å²) in [5.74, 6) is 1.40. The molecule has 0 radical (unpaired) electrons. The number of carbonyl (C=O) groups is 1. The number of aliphatic hydroxyl groups excluding tert-OH is 1. The topological polar surface area (TPSA) is 70.6 Å². The Morgan fingerprint density at radius 1 is 1.35 bits per heavy atom. The predicted octanol–water partition coefficient (Wildman–Crippen LogP) is 3.00. The summed E-state index contributed by atoms with van der Waals surface area (Å²) >= 11 is 0. The first-order chi connectivity index (χ1) is 11.0. The van der Waals surface area contributed by atoms with Gasteiger partial charge in [0.15, 0.2) is 0 Å². The average molecular weight is 320 g/mol. The molecule has 0 bridgehead atoms. The van der Waals surface area contributed by atoms with Gasteiger partial charge in [-0.2, -0.15) is 0 Å². The van der Waals surface area contributed by atoms with Crippen molar-refractivity contribution >= 4 is 6.03 Å². The van der Waals surface area contributed by atoms with Gasteiger partial charge in [0, 0.05) is 12.6 Å². The number of benzene rings is 1. The van der Waals surface area contributed by atoms with Crippen molar-refractivity contribution in [2.24, 2.45) is 5.92 Å². The quantitative estimate of drug-likeness (QED) is 0.689. The fourth-order valence-electron chi connectivity index (χ4n) is 2.68. The van der Waals surface area contributed by atoms with Crippen LogP contribution in [0.15, 0.2) is 24.3 Å². The number of aliphatic hydroxyl groups is 1. The maximum atomic E-state index is 11.8. The van der Waals surface area contributed by atoms with Gasteiger partial charge in [-0.05, 0) is 50.3 Å². The standard InChI is InChI=1S/C18H28N2O3/c1-4-5-14-10-16(14)20-18(22)19-11-17(21)13-6-8-15(9-7-13)23-12(2)3/h6-9,12,14,16-17,21H,4-5,10-11H2,1-3H3,(H2,19,20,22). The fourth-order valence-corrected chi connectivity index (χ4v) is 2.68. The van der Waals surface area contributed by atoms with E-state index in [-0.39, 0.29) is 18.7 Å². The van der Waals surface area contributed by atoms with Crippen LogP contribution >= 0.6 is 0 Å². The molecule has 23 heavy (non-hydrogen) atoms. The summed E-state index contributed by atoms with van der Waals surface area (Å²) in [6.07, 6.45) is 2.79. The number of carbonyl (C=O) groups excluding carboxylic acids is 1. The zero-order valence-corrected chi connectivity index (χ0v) is 14.2. The highest BCUT2D eigenvalue weighted by Crippen LogP contribution is 2.34. The van der Waals surface area contributed by atoms with Crippen LogP contribution in [-0.2, 0) is 0 Å². The Kier molecular flexibility index (Phi) is 6.28. The molecule has 3 atom stereocenters. The van der Waals surface area contributed by atoms with Gasteiger partial charge in [0.2, 0.25) is 0 Å². The van der Waals surface area contributed by atoms with Gasteiger partial charge in [-0.15, -0.1) is 0 Å². The van der Waals surface area contributed by atoms with E-state index in [1.165, 1.54) is 6.42 Å². The van der Waals surface area contributed by atoms with Gasteiger partial charge >= 0.3 is 6.03 Å². The summed E-state index contributed by atoms with van der Waals surface area (Å²) < 4.78 is 5.57. The lowest BCUT2D eigenvalue weighted by molar-refractivity contribution is 0.172. The Morgan fingerprint density at radius 3 is 2.65 bits per heavy atom. The van der Waals surface area contributed by atoms with E-state index in [2.05, 4.69) is 17.6 Å². The van der Waals surface area contributed by atoms with Crippen LogP contribution in [-0.4, -0.2) is 29.8 Å². The van der Waals surface area contributed by atoms with E-state index in [1.54, 1.807) is 0 Å². The molecule has 1 fully saturated rings. The molecule has 2 amide bonds. The number of rotatable bonds is 8. The molecule has 2 rings (SSSR count). The van der Waals surface area contributed by atoms with E-state index in [9.17, 15) is 9.90 Å². The van der Waals surface area contributed by atoms with Gasteiger partial charge in [0.25, 0.3) is 0 Å². The molecule has 0 aromatic heterocycles. The summed E-state index contributed by atoms with van der Waals surface area (Å²) in [5, 5.41) is 15.8. The number of amides is 2. The Bertz CT molecular complexity index is 501. The molecule has 0 spiro atoms. The number of nitrogens with one attached hydrogen (secondary N) is 2. The van der Waals surface area contributed by atoms with E-state index in [1.807, 2.05) is 38.1 Å². The monoisotopic (exact) mass is 320 g/mol. The minimum Gasteiger partial charge on any atom is -0.491 e. The number of ether oxygens (including phenoxy) is 1. The molecule has 0 saturated heterocycles. The van der Waals surface area contributed by atoms with Crippen molar-refractivity contribution in [3.63, 3.8) is 0 Å². The van der Waals surface area contributed by atoms with Crippen LogP contribution in [0, 0.1) is 5.92 Å². The zero-order valence-electron chi connectivity index (χ0n) is 14.2. The lowest BCUT2D eigenvalue weighted by Crippen LogP contribution is -2.39. The molecule has 0 heterocycles. The van der Waals surface area contributed by atoms with Gasteiger partial charge in [-0.25, -0.2) is 4.79 Å². The molecular formula is C18H28N2O3. The lowest BCUT2D eigenvalue weighted by Gasteiger charge is -2.14. The molecule has 1 saturated carbocycles. The highest BCUT2D eigenvalue weighted by Gasteiger charge is 2.37. The second-order valence-corrected chi connectivity index (χ2v) is 6.50. The van der Waals surface area contributed by atoms with Gasteiger partial charge in [-0.3, -0.25) is 0 Å². The Hall–Kier alpha value is -1.75. The smallest absolute Gasteiger partial charge is 0.315 e. The van der Waals surface area contributed by atoms with Crippen molar-refractivity contribution in [1.82, 2.24) is 10.6 Å². The van der Waals surface area contributed by atoms with Crippen molar-refractivity contribution in [1.29, 1.82) is 0 Å². The highest BCUT2D eigenvalue weighted by molar-refractivity contribution is 5.74. The van der Waals surface area contributed by atoms with Crippen LogP contribution in [0.25, 0.3) is 0 Å². The fraction of sp³-hybridized carbons (Fsp3) is 0.611. The van der Waals surface area contributed by atoms with Crippen LogP contribution in [0.5, 0.6) is 5.75 Å². The molecule has 128 valence electrons. The maximum absolute atomic E-state index is 11.8. The van der Waals surface area contributed by atoms with Crippen molar-refractivity contribution in [2.75, 3.05) is 6.54 Å². The Balaban J connectivity index is 1.71.